The Bertz CT molecular complexity index is 276. The van der Waals surface area contributed by atoms with Gasteiger partial charge in [0.25, 0.3) is 0 Å². The summed E-state index contributed by atoms with van der Waals surface area (Å²) in [6, 6.07) is 0. The summed E-state index contributed by atoms with van der Waals surface area (Å²) in [5, 5.41) is 0. The van der Waals surface area contributed by atoms with E-state index in [4.69, 9.17) is 0 Å². The molecule has 0 saturated carbocycles. The number of rotatable bonds is 3. The van der Waals surface area contributed by atoms with Gasteiger partial charge in [0.1, 0.15) is 0 Å². The smallest absolute Gasteiger partial charge is 0.00817 e. The van der Waals surface area contributed by atoms with Crippen molar-refractivity contribution in [2.24, 2.45) is 16.7 Å². The largest absolute Gasteiger partial charge is 0.0844 e. The van der Waals surface area contributed by atoms with Gasteiger partial charge in [0.2, 0.25) is 0 Å². The molecule has 1 rings (SSSR count). The van der Waals surface area contributed by atoms with E-state index >= 15 is 0 Å². The van der Waals surface area contributed by atoms with Gasteiger partial charge in [0.05, 0.1) is 0 Å². The molecule has 1 aliphatic carbocycles. The molecular weight excluding hydrogens is 180 g/mol. The van der Waals surface area contributed by atoms with Crippen molar-refractivity contribution in [2.45, 2.75) is 54.4 Å². The van der Waals surface area contributed by atoms with Gasteiger partial charge in [0.15, 0.2) is 0 Å². The minimum atomic E-state index is 0.354. The molecular formula is C15H26. The summed E-state index contributed by atoms with van der Waals surface area (Å²) >= 11 is 0. The summed E-state index contributed by atoms with van der Waals surface area (Å²) in [6.07, 6.45) is 9.68. The van der Waals surface area contributed by atoms with Gasteiger partial charge in [-0.1, -0.05) is 58.4 Å². The van der Waals surface area contributed by atoms with Crippen LogP contribution in [0.1, 0.15) is 54.4 Å². The average molecular weight is 206 g/mol. The lowest BCUT2D eigenvalue weighted by atomic mass is 9.76. The van der Waals surface area contributed by atoms with Gasteiger partial charge < -0.3 is 0 Å². The SMILES string of the molecule is CCC(C)(C)C=C[C@@H]1CC=C(C)C1(C)C. The Kier molecular flexibility index (Phi) is 3.48. The molecule has 0 amide bonds. The van der Waals surface area contributed by atoms with E-state index in [0.717, 1.165) is 0 Å². The Labute approximate surface area is 95.5 Å². The van der Waals surface area contributed by atoms with Crippen molar-refractivity contribution in [2.75, 3.05) is 0 Å². The molecule has 0 aliphatic heterocycles. The Morgan fingerprint density at radius 1 is 1.47 bits per heavy atom. The van der Waals surface area contributed by atoms with Gasteiger partial charge in [0, 0.05) is 0 Å². The summed E-state index contributed by atoms with van der Waals surface area (Å²) < 4.78 is 0. The van der Waals surface area contributed by atoms with Crippen molar-refractivity contribution in [3.05, 3.63) is 23.8 Å². The molecule has 86 valence electrons. The predicted molar refractivity (Wildman–Crippen MR) is 68.9 cm³/mol. The first-order chi connectivity index (χ1) is 6.79. The van der Waals surface area contributed by atoms with Crippen molar-refractivity contribution >= 4 is 0 Å². The monoisotopic (exact) mass is 206 g/mol. The van der Waals surface area contributed by atoms with E-state index < -0.39 is 0 Å². The molecule has 0 fully saturated rings. The Balaban J connectivity index is 2.71. The second kappa shape index (κ2) is 4.15. The highest BCUT2D eigenvalue weighted by molar-refractivity contribution is 5.22. The third-order valence-corrected chi connectivity index (χ3v) is 4.31. The maximum Gasteiger partial charge on any atom is -0.00817 e. The van der Waals surface area contributed by atoms with Crippen molar-refractivity contribution in [1.29, 1.82) is 0 Å². The lowest BCUT2D eigenvalue weighted by molar-refractivity contribution is 0.346. The second-order valence-electron chi connectivity index (χ2n) is 6.15. The lowest BCUT2D eigenvalue weighted by Crippen LogP contribution is -2.19. The Morgan fingerprint density at radius 2 is 2.07 bits per heavy atom. The van der Waals surface area contributed by atoms with E-state index in [2.05, 4.69) is 59.8 Å². The third kappa shape index (κ3) is 2.74. The molecule has 0 heteroatoms. The topological polar surface area (TPSA) is 0 Å². The fourth-order valence-electron chi connectivity index (χ4n) is 1.97. The number of hydrogen-bond acceptors (Lipinski definition) is 0. The molecule has 0 aromatic rings. The number of allylic oxidation sites excluding steroid dienone is 4. The lowest BCUT2D eigenvalue weighted by Gasteiger charge is -2.28. The highest BCUT2D eigenvalue weighted by Gasteiger charge is 2.33. The van der Waals surface area contributed by atoms with E-state index in [-0.39, 0.29) is 0 Å². The first kappa shape index (κ1) is 12.5. The molecule has 0 spiro atoms. The molecule has 1 atom stereocenters. The van der Waals surface area contributed by atoms with Crippen LogP contribution in [0.4, 0.5) is 0 Å². The maximum atomic E-state index is 2.44. The second-order valence-corrected chi connectivity index (χ2v) is 6.15. The molecule has 1 aliphatic rings. The quantitative estimate of drug-likeness (QED) is 0.572. The average Bonchev–Trinajstić information content (AvgIpc) is 2.40. The van der Waals surface area contributed by atoms with Crippen molar-refractivity contribution in [1.82, 2.24) is 0 Å². The minimum Gasteiger partial charge on any atom is -0.0844 e. The van der Waals surface area contributed by atoms with Crippen LogP contribution in [0.5, 0.6) is 0 Å². The zero-order valence-corrected chi connectivity index (χ0v) is 11.2. The van der Waals surface area contributed by atoms with Crippen LogP contribution in [0.2, 0.25) is 0 Å². The molecule has 0 aromatic heterocycles. The molecule has 0 N–H and O–H groups in total. The fourth-order valence-corrected chi connectivity index (χ4v) is 1.97. The number of hydrogen-bond donors (Lipinski definition) is 0. The highest BCUT2D eigenvalue weighted by atomic mass is 14.4. The molecule has 0 unspecified atom stereocenters. The fraction of sp³-hybridized carbons (Fsp3) is 0.733. The zero-order valence-electron chi connectivity index (χ0n) is 11.2. The van der Waals surface area contributed by atoms with Gasteiger partial charge in [-0.3, -0.25) is 0 Å². The van der Waals surface area contributed by atoms with Gasteiger partial charge >= 0.3 is 0 Å². The normalized spacial score (nSPS) is 26.0. The first-order valence-electron chi connectivity index (χ1n) is 6.16. The highest BCUT2D eigenvalue weighted by Crippen LogP contribution is 2.44. The van der Waals surface area contributed by atoms with Crippen molar-refractivity contribution < 1.29 is 0 Å². The summed E-state index contributed by atoms with van der Waals surface area (Å²) in [5.41, 5.74) is 2.26. The van der Waals surface area contributed by atoms with Crippen molar-refractivity contribution in [3.8, 4) is 0 Å². The summed E-state index contributed by atoms with van der Waals surface area (Å²) in [6.45, 7) is 13.9. The van der Waals surface area contributed by atoms with Gasteiger partial charge in [-0.2, -0.15) is 0 Å². The van der Waals surface area contributed by atoms with Crippen LogP contribution in [-0.2, 0) is 0 Å². The Morgan fingerprint density at radius 3 is 2.47 bits per heavy atom. The molecule has 0 heterocycles. The molecule has 0 nitrogen and oxygen atoms in total. The maximum absolute atomic E-state index is 2.44. The van der Waals surface area contributed by atoms with Crippen LogP contribution in [0.25, 0.3) is 0 Å². The van der Waals surface area contributed by atoms with Gasteiger partial charge in [-0.25, -0.2) is 0 Å². The molecule has 15 heavy (non-hydrogen) atoms. The van der Waals surface area contributed by atoms with E-state index in [1.807, 2.05) is 0 Å². The van der Waals surface area contributed by atoms with E-state index in [0.29, 0.717) is 16.7 Å². The van der Waals surface area contributed by atoms with Crippen LogP contribution >= 0.6 is 0 Å². The summed E-state index contributed by atoms with van der Waals surface area (Å²) in [4.78, 5) is 0. The molecule has 0 bridgehead atoms. The predicted octanol–water partition coefficient (Wildman–Crippen LogP) is 4.97. The first-order valence-corrected chi connectivity index (χ1v) is 6.16. The third-order valence-electron chi connectivity index (χ3n) is 4.31. The zero-order chi connectivity index (χ0) is 11.7. The van der Waals surface area contributed by atoms with Gasteiger partial charge in [-0.05, 0) is 36.5 Å². The molecule has 0 saturated heterocycles. The van der Waals surface area contributed by atoms with Crippen LogP contribution in [0.3, 0.4) is 0 Å². The van der Waals surface area contributed by atoms with Crippen LogP contribution in [0, 0.1) is 16.7 Å². The summed E-state index contributed by atoms with van der Waals surface area (Å²) in [5.74, 6) is 0.698. The van der Waals surface area contributed by atoms with E-state index in [1.54, 1.807) is 5.57 Å². The Hall–Kier alpha value is -0.520. The summed E-state index contributed by atoms with van der Waals surface area (Å²) in [7, 11) is 0. The van der Waals surface area contributed by atoms with E-state index in [9.17, 15) is 0 Å². The minimum absolute atomic E-state index is 0.354. The molecule has 0 radical (unpaired) electrons. The van der Waals surface area contributed by atoms with Crippen LogP contribution < -0.4 is 0 Å². The van der Waals surface area contributed by atoms with Gasteiger partial charge in [-0.15, -0.1) is 0 Å². The van der Waals surface area contributed by atoms with Crippen LogP contribution in [0.15, 0.2) is 23.8 Å². The molecule has 0 aromatic carbocycles. The van der Waals surface area contributed by atoms with Crippen molar-refractivity contribution in [3.63, 3.8) is 0 Å². The standard InChI is InChI=1S/C15H26/c1-7-14(3,4)11-10-13-9-8-12(2)15(13,5)6/h8,10-11,13H,7,9H2,1-6H3/t13-/m0/s1. The van der Waals surface area contributed by atoms with E-state index in [1.165, 1.54) is 12.8 Å². The van der Waals surface area contributed by atoms with Crippen LogP contribution in [-0.4, -0.2) is 0 Å².